The lowest BCUT2D eigenvalue weighted by molar-refractivity contribution is -0.284. The molecule has 26 heavy (non-hydrogen) atoms. The largest absolute Gasteiger partial charge is 0.343 e. The zero-order valence-electron chi connectivity index (χ0n) is 14.7. The van der Waals surface area contributed by atoms with Crippen molar-refractivity contribution in [3.05, 3.63) is 90.1 Å². The van der Waals surface area contributed by atoms with Crippen molar-refractivity contribution >= 4 is 22.9 Å². The molecule has 0 saturated heterocycles. The third-order valence-electron chi connectivity index (χ3n) is 4.48. The number of nitrogens with zero attached hydrogens (tertiary/aromatic N) is 2. The minimum atomic E-state index is -0.266. The fourth-order valence-corrected chi connectivity index (χ4v) is 3.33. The van der Waals surface area contributed by atoms with Gasteiger partial charge in [-0.1, -0.05) is 48.5 Å². The lowest BCUT2D eigenvalue weighted by Crippen LogP contribution is -2.48. The summed E-state index contributed by atoms with van der Waals surface area (Å²) >= 11 is 0. The summed E-state index contributed by atoms with van der Waals surface area (Å²) in [6, 6.07) is 24.1. The van der Waals surface area contributed by atoms with Gasteiger partial charge in [0, 0.05) is 22.1 Å². The number of hydrogen-bond acceptors (Lipinski definition) is 4. The molecule has 1 aliphatic heterocycles. The Balaban J connectivity index is 2.07. The highest BCUT2D eigenvalue weighted by molar-refractivity contribution is 6.02. The van der Waals surface area contributed by atoms with Crippen LogP contribution in [-0.4, -0.2) is 19.2 Å². The van der Waals surface area contributed by atoms with Crippen LogP contribution in [-0.2, 0) is 9.68 Å². The van der Waals surface area contributed by atoms with E-state index in [0.29, 0.717) is 5.82 Å². The van der Waals surface area contributed by atoms with Crippen molar-refractivity contribution in [3.63, 3.8) is 0 Å². The maximum absolute atomic E-state index is 5.93. The Kier molecular flexibility index (Phi) is 4.26. The molecular formula is C21H20N3O2+. The standard InChI is InChI=1S/C21H20N3O2/c1-25-24(26-2)20(17-12-7-4-8-13-17)19(16-10-5-3-6-11-16)23-18-14-9-15-22-21(18)24/h3-15,23H,1-2H3/q+1. The van der Waals surface area contributed by atoms with E-state index >= 15 is 0 Å². The first kappa shape index (κ1) is 16.5. The maximum atomic E-state index is 5.93. The monoisotopic (exact) mass is 346 g/mol. The van der Waals surface area contributed by atoms with Crippen LogP contribution in [0.25, 0.3) is 11.4 Å². The second-order valence-electron chi connectivity index (χ2n) is 5.87. The van der Waals surface area contributed by atoms with Crippen molar-refractivity contribution in [2.24, 2.45) is 0 Å². The van der Waals surface area contributed by atoms with Crippen molar-refractivity contribution < 1.29 is 9.68 Å². The molecule has 0 radical (unpaired) electrons. The van der Waals surface area contributed by atoms with Gasteiger partial charge < -0.3 is 5.32 Å². The first-order valence-electron chi connectivity index (χ1n) is 8.39. The number of nitrogens with one attached hydrogen (secondary N) is 1. The van der Waals surface area contributed by atoms with Gasteiger partial charge in [-0.25, -0.2) is 0 Å². The van der Waals surface area contributed by atoms with E-state index in [2.05, 4.69) is 22.4 Å². The molecule has 0 aliphatic carbocycles. The minimum absolute atomic E-state index is 0.266. The topological polar surface area (TPSA) is 43.4 Å². The Bertz CT molecular complexity index is 936. The van der Waals surface area contributed by atoms with Gasteiger partial charge in [-0.3, -0.25) is 0 Å². The third kappa shape index (κ3) is 2.50. The number of quaternary nitrogens is 1. The minimum Gasteiger partial charge on any atom is -0.343 e. The van der Waals surface area contributed by atoms with E-state index in [0.717, 1.165) is 28.2 Å². The molecule has 4 rings (SSSR count). The van der Waals surface area contributed by atoms with Crippen molar-refractivity contribution in [2.75, 3.05) is 19.5 Å². The molecule has 5 heteroatoms. The van der Waals surface area contributed by atoms with Crippen LogP contribution in [0.2, 0.25) is 0 Å². The van der Waals surface area contributed by atoms with Crippen LogP contribution in [0.5, 0.6) is 0 Å². The van der Waals surface area contributed by atoms with Crippen LogP contribution in [0.1, 0.15) is 11.1 Å². The van der Waals surface area contributed by atoms with Crippen molar-refractivity contribution in [1.29, 1.82) is 0 Å². The Morgan fingerprint density at radius 2 is 1.38 bits per heavy atom. The quantitative estimate of drug-likeness (QED) is 0.708. The van der Waals surface area contributed by atoms with E-state index in [9.17, 15) is 0 Å². The van der Waals surface area contributed by atoms with Gasteiger partial charge in [0.25, 0.3) is 0 Å². The maximum Gasteiger partial charge on any atom is 0.324 e. The predicted molar refractivity (Wildman–Crippen MR) is 103 cm³/mol. The molecule has 0 amide bonds. The molecule has 0 unspecified atom stereocenters. The van der Waals surface area contributed by atoms with Gasteiger partial charge in [-0.15, -0.1) is 0 Å². The zero-order valence-corrected chi connectivity index (χ0v) is 14.7. The van der Waals surface area contributed by atoms with Crippen molar-refractivity contribution in [3.8, 4) is 0 Å². The van der Waals surface area contributed by atoms with Gasteiger partial charge in [-0.05, 0) is 24.3 Å². The molecule has 0 fully saturated rings. The molecule has 0 spiro atoms. The molecule has 1 aliphatic rings. The second-order valence-corrected chi connectivity index (χ2v) is 5.87. The molecule has 130 valence electrons. The van der Waals surface area contributed by atoms with Crippen molar-refractivity contribution in [2.45, 2.75) is 0 Å². The summed E-state index contributed by atoms with van der Waals surface area (Å²) in [5, 5.41) is 3.53. The molecule has 0 saturated carbocycles. The number of hydrogen-bond donors (Lipinski definition) is 1. The summed E-state index contributed by atoms with van der Waals surface area (Å²) < 4.78 is 0. The van der Waals surface area contributed by atoms with Crippen LogP contribution in [0.4, 0.5) is 11.5 Å². The van der Waals surface area contributed by atoms with Gasteiger partial charge in [0.1, 0.15) is 25.6 Å². The average molecular weight is 346 g/mol. The average Bonchev–Trinajstić information content (AvgIpc) is 2.73. The first-order valence-corrected chi connectivity index (χ1v) is 8.39. The number of benzene rings is 2. The Hall–Kier alpha value is -2.99. The van der Waals surface area contributed by atoms with Crippen LogP contribution in [0.15, 0.2) is 79.0 Å². The van der Waals surface area contributed by atoms with Crippen LogP contribution in [0.3, 0.4) is 0 Å². The van der Waals surface area contributed by atoms with Gasteiger partial charge in [0.05, 0.1) is 0 Å². The number of rotatable bonds is 4. The van der Waals surface area contributed by atoms with Crippen LogP contribution in [0, 0.1) is 0 Å². The summed E-state index contributed by atoms with van der Waals surface area (Å²) in [7, 11) is 3.25. The summed E-state index contributed by atoms with van der Waals surface area (Å²) in [6.07, 6.45) is 1.74. The highest BCUT2D eigenvalue weighted by atomic mass is 17.0. The fraction of sp³-hybridized carbons (Fsp3) is 0.0952. The van der Waals surface area contributed by atoms with E-state index in [4.69, 9.17) is 9.68 Å². The smallest absolute Gasteiger partial charge is 0.324 e. The van der Waals surface area contributed by atoms with Crippen LogP contribution >= 0.6 is 0 Å². The zero-order chi connectivity index (χ0) is 18.0. The Labute approximate surface area is 152 Å². The number of fused-ring (bicyclic) bond motifs is 1. The van der Waals surface area contributed by atoms with Gasteiger partial charge in [0.2, 0.25) is 5.70 Å². The molecule has 3 aromatic rings. The summed E-state index contributed by atoms with van der Waals surface area (Å²) in [5.41, 5.74) is 4.63. The summed E-state index contributed by atoms with van der Waals surface area (Å²) in [4.78, 5) is 16.1. The number of aromatic nitrogens is 1. The normalized spacial score (nSPS) is 15.3. The van der Waals surface area contributed by atoms with E-state index in [1.165, 1.54) is 0 Å². The molecular weight excluding hydrogens is 326 g/mol. The van der Waals surface area contributed by atoms with Gasteiger partial charge in [-0.2, -0.15) is 14.7 Å². The van der Waals surface area contributed by atoms with Gasteiger partial charge in [0.15, 0.2) is 0 Å². The Morgan fingerprint density at radius 3 is 2.00 bits per heavy atom. The number of hydroxylamine groups is 2. The lowest BCUT2D eigenvalue weighted by atomic mass is 10.0. The van der Waals surface area contributed by atoms with Crippen molar-refractivity contribution in [1.82, 2.24) is 9.79 Å². The highest BCUT2D eigenvalue weighted by Gasteiger charge is 2.49. The third-order valence-corrected chi connectivity index (χ3v) is 4.48. The molecule has 0 atom stereocenters. The first-order chi connectivity index (χ1) is 12.8. The van der Waals surface area contributed by atoms with Crippen LogP contribution < -0.4 is 10.1 Å². The van der Waals surface area contributed by atoms with E-state index in [1.807, 2.05) is 60.7 Å². The van der Waals surface area contributed by atoms with E-state index in [1.54, 1.807) is 20.4 Å². The molecule has 1 aromatic heterocycles. The lowest BCUT2D eigenvalue weighted by Gasteiger charge is -2.35. The summed E-state index contributed by atoms with van der Waals surface area (Å²) in [6.45, 7) is 0. The van der Waals surface area contributed by atoms with E-state index in [-0.39, 0.29) is 4.81 Å². The predicted octanol–water partition coefficient (Wildman–Crippen LogP) is 4.46. The number of pyridine rings is 1. The SMILES string of the molecule is CO[N+]1(OC)C(c2ccccc2)=C(c2ccccc2)Nc2cccnc21. The fourth-order valence-electron chi connectivity index (χ4n) is 3.33. The molecule has 2 heterocycles. The molecule has 0 bridgehead atoms. The molecule has 5 nitrogen and oxygen atoms in total. The summed E-state index contributed by atoms with van der Waals surface area (Å²) in [5.74, 6) is 0.649. The van der Waals surface area contributed by atoms with E-state index < -0.39 is 0 Å². The molecule has 1 N–H and O–H groups in total. The van der Waals surface area contributed by atoms with Gasteiger partial charge >= 0.3 is 5.82 Å². The number of anilines is 1. The Morgan fingerprint density at radius 1 is 0.769 bits per heavy atom. The second kappa shape index (κ2) is 6.72. The highest BCUT2D eigenvalue weighted by Crippen LogP contribution is 2.46. The molecule has 2 aromatic carbocycles.